The fraction of sp³-hybridized carbons (Fsp3) is 0.864. The summed E-state index contributed by atoms with van der Waals surface area (Å²) in [6, 6.07) is 0. The van der Waals surface area contributed by atoms with Gasteiger partial charge in [0.05, 0.1) is 6.10 Å². The van der Waals surface area contributed by atoms with Crippen LogP contribution in [0, 0.1) is 40.4 Å². The first-order valence-corrected chi connectivity index (χ1v) is 10.4. The Bertz CT molecular complexity index is 611. The second-order valence-corrected chi connectivity index (χ2v) is 10.1. The maximum atomic E-state index is 12.2. The minimum Gasteiger partial charge on any atom is -0.393 e. The Morgan fingerprint density at radius 3 is 2.68 bits per heavy atom. The highest BCUT2D eigenvalue weighted by Crippen LogP contribution is 2.67. The quantitative estimate of drug-likeness (QED) is 0.773. The highest BCUT2D eigenvalue weighted by molar-refractivity contribution is 5.79. The van der Waals surface area contributed by atoms with Gasteiger partial charge in [-0.05, 0) is 74.0 Å². The predicted octanol–water partition coefficient (Wildman–Crippen LogP) is 4.22. The number of aliphatic hydroxyl groups excluding tert-OH is 1. The van der Waals surface area contributed by atoms with Gasteiger partial charge in [-0.1, -0.05) is 26.8 Å². The van der Waals surface area contributed by atoms with Crippen LogP contribution in [-0.4, -0.2) is 29.1 Å². The van der Waals surface area contributed by atoms with Gasteiger partial charge in [-0.15, -0.1) is 0 Å². The third kappa shape index (κ3) is 2.23. The summed E-state index contributed by atoms with van der Waals surface area (Å²) in [6.45, 7) is 9.25. The Morgan fingerprint density at radius 1 is 1.28 bits per heavy atom. The summed E-state index contributed by atoms with van der Waals surface area (Å²) in [6.07, 6.45) is 8.77. The zero-order valence-electron chi connectivity index (χ0n) is 16.6. The van der Waals surface area contributed by atoms with Gasteiger partial charge < -0.3 is 10.0 Å². The second-order valence-electron chi connectivity index (χ2n) is 10.1. The van der Waals surface area contributed by atoms with Crippen LogP contribution < -0.4 is 0 Å². The molecule has 0 aromatic rings. The van der Waals surface area contributed by atoms with Gasteiger partial charge >= 0.3 is 0 Å². The van der Waals surface area contributed by atoms with Crippen LogP contribution in [0.25, 0.3) is 0 Å². The molecule has 3 nitrogen and oxygen atoms in total. The molecule has 1 heterocycles. The molecule has 1 amide bonds. The lowest BCUT2D eigenvalue weighted by molar-refractivity contribution is -0.136. The zero-order valence-corrected chi connectivity index (χ0v) is 16.6. The molecule has 140 valence electrons. The van der Waals surface area contributed by atoms with E-state index in [1.54, 1.807) is 0 Å². The molecule has 4 aliphatic rings. The van der Waals surface area contributed by atoms with Crippen molar-refractivity contribution in [2.24, 2.45) is 40.4 Å². The van der Waals surface area contributed by atoms with Gasteiger partial charge in [-0.3, -0.25) is 4.79 Å². The first-order valence-electron chi connectivity index (χ1n) is 10.4. The lowest BCUT2D eigenvalue weighted by atomic mass is 9.48. The Labute approximate surface area is 152 Å². The van der Waals surface area contributed by atoms with Crippen molar-refractivity contribution in [2.45, 2.75) is 72.3 Å². The number of piperidine rings is 1. The smallest absolute Gasteiger partial charge is 0.226 e. The van der Waals surface area contributed by atoms with Gasteiger partial charge in [-0.2, -0.15) is 0 Å². The molecular formula is C22H35NO2. The number of allylic oxidation sites excluding steroid dienone is 2. The van der Waals surface area contributed by atoms with E-state index in [-0.39, 0.29) is 22.8 Å². The topological polar surface area (TPSA) is 40.5 Å². The summed E-state index contributed by atoms with van der Waals surface area (Å²) < 4.78 is 0. The lowest BCUT2D eigenvalue weighted by Gasteiger charge is -2.58. The number of hydrogen-bond donors (Lipinski definition) is 1. The van der Waals surface area contributed by atoms with Gasteiger partial charge in [0.2, 0.25) is 5.91 Å². The molecule has 1 aliphatic heterocycles. The number of nitrogens with zero attached hydrogens (tertiary/aromatic N) is 1. The van der Waals surface area contributed by atoms with Crippen molar-refractivity contribution < 1.29 is 9.90 Å². The second kappa shape index (κ2) is 5.58. The molecule has 0 spiro atoms. The number of carbonyl (C=O) groups is 1. The summed E-state index contributed by atoms with van der Waals surface area (Å²) in [5.41, 5.74) is 1.75. The van der Waals surface area contributed by atoms with Crippen LogP contribution in [0.5, 0.6) is 0 Å². The van der Waals surface area contributed by atoms with Crippen molar-refractivity contribution in [3.8, 4) is 0 Å². The molecule has 4 rings (SSSR count). The van der Waals surface area contributed by atoms with Gasteiger partial charge in [0.15, 0.2) is 0 Å². The van der Waals surface area contributed by atoms with Crippen LogP contribution in [0.15, 0.2) is 11.8 Å². The van der Waals surface area contributed by atoms with Crippen molar-refractivity contribution in [1.82, 2.24) is 4.90 Å². The van der Waals surface area contributed by atoms with Crippen LogP contribution in [0.4, 0.5) is 0 Å². The Kier molecular flexibility index (Phi) is 3.92. The SMILES string of the molecule is CC(O)[C@H]1[C@H](C)C[C@H]2[C@@H]3CC=C4N(C)C(=O)CC[C@]4(C)[C@H]3CC[C@@]21C. The summed E-state index contributed by atoms with van der Waals surface area (Å²) in [5.74, 6) is 3.47. The third-order valence-electron chi connectivity index (χ3n) is 8.98. The highest BCUT2D eigenvalue weighted by Gasteiger charge is 2.61. The molecule has 0 aromatic carbocycles. The molecule has 3 aliphatic carbocycles. The van der Waals surface area contributed by atoms with Crippen molar-refractivity contribution in [3.05, 3.63) is 11.8 Å². The summed E-state index contributed by atoms with van der Waals surface area (Å²) >= 11 is 0. The first kappa shape index (κ1) is 17.6. The maximum absolute atomic E-state index is 12.2. The molecule has 1 unspecified atom stereocenters. The Morgan fingerprint density at radius 2 is 2.00 bits per heavy atom. The van der Waals surface area contributed by atoms with E-state index in [1.165, 1.54) is 25.0 Å². The van der Waals surface area contributed by atoms with E-state index in [1.807, 2.05) is 18.9 Å². The fourth-order valence-corrected chi connectivity index (χ4v) is 8.01. The van der Waals surface area contributed by atoms with E-state index in [2.05, 4.69) is 26.8 Å². The normalized spacial score (nSPS) is 50.6. The van der Waals surface area contributed by atoms with E-state index in [9.17, 15) is 9.90 Å². The van der Waals surface area contributed by atoms with Crippen LogP contribution in [0.1, 0.15) is 66.2 Å². The van der Waals surface area contributed by atoms with E-state index in [0.29, 0.717) is 24.2 Å². The van der Waals surface area contributed by atoms with Gasteiger partial charge in [0, 0.05) is 24.6 Å². The molecule has 1 N–H and O–H groups in total. The molecule has 1 saturated heterocycles. The third-order valence-corrected chi connectivity index (χ3v) is 8.98. The molecule has 0 aromatic heterocycles. The Balaban J connectivity index is 1.70. The summed E-state index contributed by atoms with van der Waals surface area (Å²) in [4.78, 5) is 14.2. The average Bonchev–Trinajstić information content (AvgIpc) is 2.81. The minimum absolute atomic E-state index is 0.166. The predicted molar refractivity (Wildman–Crippen MR) is 99.6 cm³/mol. The van der Waals surface area contributed by atoms with Crippen molar-refractivity contribution >= 4 is 5.91 Å². The van der Waals surface area contributed by atoms with E-state index < -0.39 is 0 Å². The molecule has 2 saturated carbocycles. The number of hydrogen-bond acceptors (Lipinski definition) is 2. The van der Waals surface area contributed by atoms with Crippen molar-refractivity contribution in [2.75, 3.05) is 7.05 Å². The van der Waals surface area contributed by atoms with E-state index in [4.69, 9.17) is 0 Å². The van der Waals surface area contributed by atoms with Crippen LogP contribution >= 0.6 is 0 Å². The molecule has 0 bridgehead atoms. The summed E-state index contributed by atoms with van der Waals surface area (Å²) in [7, 11) is 1.97. The molecule has 3 heteroatoms. The van der Waals surface area contributed by atoms with Gasteiger partial charge in [0.25, 0.3) is 0 Å². The summed E-state index contributed by atoms with van der Waals surface area (Å²) in [5, 5.41) is 10.5. The minimum atomic E-state index is -0.203. The molecule has 0 radical (unpaired) electrons. The lowest BCUT2D eigenvalue weighted by Crippen LogP contribution is -2.54. The van der Waals surface area contributed by atoms with E-state index >= 15 is 0 Å². The van der Waals surface area contributed by atoms with Crippen LogP contribution in [-0.2, 0) is 4.79 Å². The van der Waals surface area contributed by atoms with E-state index in [0.717, 1.165) is 24.7 Å². The highest BCUT2D eigenvalue weighted by atomic mass is 16.3. The number of aliphatic hydroxyl groups is 1. The molecule has 25 heavy (non-hydrogen) atoms. The standard InChI is InChI=1S/C22H35NO2/c1-13-12-17-15-6-7-18-21(3,11-9-19(25)23(18)5)16(15)8-10-22(17,4)20(13)14(2)24/h7,13-17,20,24H,6,8-12H2,1-5H3/t13-,14?,15-,16+,17+,20-,21-,22+/m1/s1. The van der Waals surface area contributed by atoms with Gasteiger partial charge in [-0.25, -0.2) is 0 Å². The van der Waals surface area contributed by atoms with Crippen molar-refractivity contribution in [1.29, 1.82) is 0 Å². The number of fused-ring (bicyclic) bond motifs is 5. The average molecular weight is 346 g/mol. The monoisotopic (exact) mass is 345 g/mol. The molecule has 3 fully saturated rings. The van der Waals surface area contributed by atoms with Crippen LogP contribution in [0.3, 0.4) is 0 Å². The van der Waals surface area contributed by atoms with Crippen LogP contribution in [0.2, 0.25) is 0 Å². The largest absolute Gasteiger partial charge is 0.393 e. The Hall–Kier alpha value is -0.830. The number of amides is 1. The first-order chi connectivity index (χ1) is 11.7. The zero-order chi connectivity index (χ0) is 18.1. The number of likely N-dealkylation sites (tertiary alicyclic amines) is 1. The fourth-order valence-electron chi connectivity index (χ4n) is 8.01. The van der Waals surface area contributed by atoms with Gasteiger partial charge in [0.1, 0.15) is 0 Å². The van der Waals surface area contributed by atoms with Crippen molar-refractivity contribution in [3.63, 3.8) is 0 Å². The maximum Gasteiger partial charge on any atom is 0.226 e. The number of carbonyl (C=O) groups excluding carboxylic acids is 1. The molecular weight excluding hydrogens is 310 g/mol. The number of rotatable bonds is 1. The molecule has 8 atom stereocenters.